The monoisotopic (exact) mass is 553 g/mol. The van der Waals surface area contributed by atoms with Gasteiger partial charge in [0.05, 0.1) is 12.7 Å². The molecule has 1 amide bonds. The van der Waals surface area contributed by atoms with Crippen LogP contribution in [0.4, 0.5) is 11.8 Å². The van der Waals surface area contributed by atoms with Gasteiger partial charge in [-0.2, -0.15) is 4.98 Å². The first-order valence-electron chi connectivity index (χ1n) is 13.6. The molecule has 3 rings (SSSR count). The number of aromatic amines is 1. The van der Waals surface area contributed by atoms with Crippen LogP contribution >= 0.6 is 0 Å². The van der Waals surface area contributed by atoms with Crippen LogP contribution in [0.25, 0.3) is 0 Å². The summed E-state index contributed by atoms with van der Waals surface area (Å²) in [5, 5.41) is 5.88. The first-order chi connectivity index (χ1) is 18.1. The van der Waals surface area contributed by atoms with E-state index in [9.17, 15) is 14.4 Å². The molecule has 0 bridgehead atoms. The summed E-state index contributed by atoms with van der Waals surface area (Å²) < 4.78 is 7.36. The van der Waals surface area contributed by atoms with Crippen molar-refractivity contribution in [1.29, 1.82) is 0 Å². The molecule has 2 aromatic rings. The van der Waals surface area contributed by atoms with Gasteiger partial charge in [-0.3, -0.25) is 19.9 Å². The van der Waals surface area contributed by atoms with Crippen molar-refractivity contribution in [3.8, 4) is 11.8 Å². The Bertz CT molecular complexity index is 1330. The minimum Gasteiger partial charge on any atom is -0.464 e. The molecular weight excluding hydrogens is 510 g/mol. The molecule has 1 aliphatic rings. The number of fused-ring (bicyclic) bond motifs is 1. The molecule has 1 aliphatic heterocycles. The van der Waals surface area contributed by atoms with Crippen LogP contribution in [-0.2, 0) is 16.0 Å². The number of hydrogen-bond donors (Lipinski definition) is 3. The number of amides is 1. The van der Waals surface area contributed by atoms with Gasteiger partial charge in [0.1, 0.15) is 11.5 Å². The smallest absolute Gasteiger partial charge is 0.353 e. The number of carbonyl (C=O) groups excluding carboxylic acids is 2. The van der Waals surface area contributed by atoms with Crippen molar-refractivity contribution >= 4 is 31.9 Å². The van der Waals surface area contributed by atoms with E-state index in [2.05, 4.69) is 78.2 Å². The Hall–Kier alpha value is -3.32. The number of nitrogens with zero attached hydrogens (tertiary/aromatic N) is 2. The van der Waals surface area contributed by atoms with Crippen molar-refractivity contribution in [2.24, 2.45) is 11.3 Å². The SMILES string of the molecule is COC(=O)c1cc(C#CC2CNc3nc(NC(=O)C(C)(C)C)[nH]c(=O)c3C2)cn1[Si](C(C)C)(C(C)C)C(C)C. The Morgan fingerprint density at radius 1 is 1.15 bits per heavy atom. The maximum Gasteiger partial charge on any atom is 0.353 e. The fourth-order valence-electron chi connectivity index (χ4n) is 5.96. The summed E-state index contributed by atoms with van der Waals surface area (Å²) in [6, 6.07) is 1.83. The lowest BCUT2D eigenvalue weighted by atomic mass is 9.96. The van der Waals surface area contributed by atoms with E-state index in [1.165, 1.54) is 7.11 Å². The Morgan fingerprint density at radius 2 is 1.77 bits per heavy atom. The maximum atomic E-state index is 12.8. The molecule has 1 atom stereocenters. The molecular formula is C29H43N5O4Si. The van der Waals surface area contributed by atoms with Crippen LogP contribution in [-0.4, -0.2) is 48.0 Å². The van der Waals surface area contributed by atoms with Gasteiger partial charge in [-0.15, -0.1) is 0 Å². The van der Waals surface area contributed by atoms with Crippen LogP contribution in [0.5, 0.6) is 0 Å². The number of ether oxygens (including phenoxy) is 1. The van der Waals surface area contributed by atoms with Gasteiger partial charge in [0.25, 0.3) is 5.56 Å². The van der Waals surface area contributed by atoms with Gasteiger partial charge >= 0.3 is 5.97 Å². The first kappa shape index (κ1) is 30.2. The van der Waals surface area contributed by atoms with Crippen molar-refractivity contribution in [2.45, 2.75) is 85.4 Å². The Morgan fingerprint density at radius 3 is 2.31 bits per heavy atom. The quantitative estimate of drug-likeness (QED) is 0.263. The highest BCUT2D eigenvalue weighted by molar-refractivity contribution is 6.82. The average Bonchev–Trinajstić information content (AvgIpc) is 3.25. The lowest BCUT2D eigenvalue weighted by Crippen LogP contribution is -2.52. The molecule has 39 heavy (non-hydrogen) atoms. The number of carbonyl (C=O) groups is 2. The molecule has 0 aromatic carbocycles. The summed E-state index contributed by atoms with van der Waals surface area (Å²) in [5.41, 5.74) is 2.07. The lowest BCUT2D eigenvalue weighted by Gasteiger charge is -2.44. The third-order valence-electron chi connectivity index (χ3n) is 7.72. The largest absolute Gasteiger partial charge is 0.464 e. The third-order valence-corrected chi connectivity index (χ3v) is 14.5. The standard InChI is InChI=1S/C29H43N5O4Si/c1-17(2)39(18(3)4,19(5)6)34-16-21(14-23(34)26(36)38-10)12-11-20-13-22-24(30-15-20)31-28(32-25(22)35)33-27(37)29(7,8)9/h14,16-20H,13,15H2,1-10H3,(H3,30,31,32,33,35,37). The van der Waals surface area contributed by atoms with E-state index in [0.29, 0.717) is 46.7 Å². The predicted molar refractivity (Wildman–Crippen MR) is 158 cm³/mol. The highest BCUT2D eigenvalue weighted by Crippen LogP contribution is 2.43. The minimum absolute atomic E-state index is 0.123. The summed E-state index contributed by atoms with van der Waals surface area (Å²) in [5.74, 6) is 6.43. The van der Waals surface area contributed by atoms with Crippen LogP contribution < -0.4 is 16.2 Å². The van der Waals surface area contributed by atoms with Gasteiger partial charge in [-0.1, -0.05) is 74.2 Å². The molecule has 2 aromatic heterocycles. The van der Waals surface area contributed by atoms with Crippen molar-refractivity contribution in [3.63, 3.8) is 0 Å². The predicted octanol–water partition coefficient (Wildman–Crippen LogP) is 5.00. The van der Waals surface area contributed by atoms with Gasteiger partial charge in [-0.25, -0.2) is 4.79 Å². The number of anilines is 2. The third kappa shape index (κ3) is 5.98. The van der Waals surface area contributed by atoms with Gasteiger partial charge < -0.3 is 14.3 Å². The number of rotatable bonds is 6. The first-order valence-corrected chi connectivity index (χ1v) is 15.8. The fourth-order valence-corrected chi connectivity index (χ4v) is 12.6. The molecule has 0 fully saturated rings. The maximum absolute atomic E-state index is 12.8. The normalized spacial score (nSPS) is 15.5. The van der Waals surface area contributed by atoms with E-state index in [-0.39, 0.29) is 29.3 Å². The van der Waals surface area contributed by atoms with Crippen LogP contribution in [0.1, 0.15) is 83.9 Å². The molecule has 3 N–H and O–H groups in total. The minimum atomic E-state index is -2.21. The van der Waals surface area contributed by atoms with E-state index >= 15 is 0 Å². The van der Waals surface area contributed by atoms with E-state index < -0.39 is 13.7 Å². The Kier molecular flexibility index (Phi) is 8.85. The zero-order valence-electron chi connectivity index (χ0n) is 24.9. The average molecular weight is 554 g/mol. The van der Waals surface area contributed by atoms with Gasteiger partial charge in [0.2, 0.25) is 11.9 Å². The fraction of sp³-hybridized carbons (Fsp3) is 0.586. The van der Waals surface area contributed by atoms with Gasteiger partial charge in [-0.05, 0) is 29.1 Å². The Balaban J connectivity index is 1.93. The van der Waals surface area contributed by atoms with Gasteiger partial charge in [0.15, 0.2) is 8.24 Å². The molecule has 3 heterocycles. The van der Waals surface area contributed by atoms with E-state index in [1.54, 1.807) is 20.8 Å². The van der Waals surface area contributed by atoms with Crippen LogP contribution in [0.2, 0.25) is 16.6 Å². The van der Waals surface area contributed by atoms with Crippen LogP contribution in [0, 0.1) is 23.2 Å². The number of methoxy groups -OCH3 is 1. The van der Waals surface area contributed by atoms with Crippen LogP contribution in [0.15, 0.2) is 17.1 Å². The second kappa shape index (κ2) is 11.4. The summed E-state index contributed by atoms with van der Waals surface area (Å²) >= 11 is 0. The molecule has 212 valence electrons. The molecule has 1 unspecified atom stereocenters. The Labute approximate surface area is 232 Å². The molecule has 9 nitrogen and oxygen atoms in total. The van der Waals surface area contributed by atoms with Crippen molar-refractivity contribution in [3.05, 3.63) is 39.4 Å². The summed E-state index contributed by atoms with van der Waals surface area (Å²) in [7, 11) is -0.799. The second-order valence-electron chi connectivity index (χ2n) is 12.3. The summed E-state index contributed by atoms with van der Waals surface area (Å²) in [4.78, 5) is 45.0. The molecule has 0 spiro atoms. The zero-order valence-corrected chi connectivity index (χ0v) is 25.9. The number of hydrogen-bond acceptors (Lipinski definition) is 6. The number of H-pyrrole nitrogens is 1. The molecule has 10 heteroatoms. The molecule has 0 radical (unpaired) electrons. The summed E-state index contributed by atoms with van der Waals surface area (Å²) in [6.45, 7) is 19.4. The number of esters is 1. The van der Waals surface area contributed by atoms with Crippen LogP contribution in [0.3, 0.4) is 0 Å². The lowest BCUT2D eigenvalue weighted by molar-refractivity contribution is -0.123. The highest BCUT2D eigenvalue weighted by atomic mass is 28.3. The number of nitrogens with one attached hydrogen (secondary N) is 3. The zero-order chi connectivity index (χ0) is 29.3. The molecule has 0 saturated heterocycles. The second-order valence-corrected chi connectivity index (χ2v) is 18.0. The van der Waals surface area contributed by atoms with Crippen molar-refractivity contribution in [1.82, 2.24) is 14.2 Å². The van der Waals surface area contributed by atoms with Crippen molar-refractivity contribution in [2.75, 3.05) is 24.3 Å². The highest BCUT2D eigenvalue weighted by Gasteiger charge is 2.47. The molecule has 0 saturated carbocycles. The molecule has 0 aliphatic carbocycles. The van der Waals surface area contributed by atoms with E-state index in [4.69, 9.17) is 4.74 Å². The van der Waals surface area contributed by atoms with Crippen molar-refractivity contribution < 1.29 is 14.3 Å². The van der Waals surface area contributed by atoms with E-state index in [1.807, 2.05) is 12.3 Å². The summed E-state index contributed by atoms with van der Waals surface area (Å²) in [6.07, 6.45) is 2.45. The van der Waals surface area contributed by atoms with E-state index in [0.717, 1.165) is 5.56 Å². The topological polar surface area (TPSA) is 118 Å². The van der Waals surface area contributed by atoms with Gasteiger partial charge in [0, 0.05) is 29.6 Å². The number of aromatic nitrogens is 3.